The summed E-state index contributed by atoms with van der Waals surface area (Å²) >= 11 is 0. The van der Waals surface area contributed by atoms with E-state index in [2.05, 4.69) is 15.2 Å². The number of halogens is 1. The van der Waals surface area contributed by atoms with Crippen LogP contribution in [0.2, 0.25) is 0 Å². The van der Waals surface area contributed by atoms with Crippen molar-refractivity contribution in [1.82, 2.24) is 19.9 Å². The average Bonchev–Trinajstić information content (AvgIpc) is 3.41. The van der Waals surface area contributed by atoms with E-state index in [0.29, 0.717) is 29.4 Å². The molecule has 0 unspecified atom stereocenters. The average molecular weight is 543 g/mol. The van der Waals surface area contributed by atoms with E-state index in [0.717, 1.165) is 11.1 Å². The number of carbonyl (C=O) groups is 1. The maximum Gasteiger partial charge on any atom is 0.281 e. The number of nitrogens with one attached hydrogen (secondary N) is 2. The molecule has 0 saturated heterocycles. The van der Waals surface area contributed by atoms with Gasteiger partial charge in [0.1, 0.15) is 22.9 Å². The number of hydrogen-bond donors (Lipinski definition) is 2. The van der Waals surface area contributed by atoms with Gasteiger partial charge >= 0.3 is 0 Å². The number of amides is 1. The Morgan fingerprint density at radius 2 is 1.84 bits per heavy atom. The third-order valence-corrected chi connectivity index (χ3v) is 6.72. The van der Waals surface area contributed by atoms with Crippen LogP contribution in [0.5, 0.6) is 17.4 Å². The van der Waals surface area contributed by atoms with Crippen molar-refractivity contribution in [2.45, 2.75) is 32.7 Å². The lowest BCUT2D eigenvalue weighted by Gasteiger charge is -2.15. The maximum atomic E-state index is 14.4. The molecule has 0 spiro atoms. The first-order valence-corrected chi connectivity index (χ1v) is 13.3. The summed E-state index contributed by atoms with van der Waals surface area (Å²) in [6.07, 6.45) is 1.25. The number of pyridine rings is 1. The zero-order chi connectivity index (χ0) is 27.4. The highest BCUT2D eigenvalue weighted by Crippen LogP contribution is 2.33. The first-order valence-electron chi connectivity index (χ1n) is 11.8. The number of para-hydroxylation sites is 1. The van der Waals surface area contributed by atoms with Gasteiger partial charge in [-0.25, -0.2) is 14.1 Å². The van der Waals surface area contributed by atoms with Crippen molar-refractivity contribution in [2.75, 3.05) is 6.61 Å². The zero-order valence-corrected chi connectivity index (χ0v) is 22.1. The lowest BCUT2D eigenvalue weighted by atomic mass is 10.1. The smallest absolute Gasteiger partial charge is 0.281 e. The van der Waals surface area contributed by atoms with E-state index in [-0.39, 0.29) is 25.2 Å². The van der Waals surface area contributed by atoms with E-state index < -0.39 is 21.7 Å². The Bertz CT molecular complexity index is 1560. The number of aromatic nitrogens is 3. The van der Waals surface area contributed by atoms with E-state index in [1.807, 2.05) is 50.6 Å². The number of benzene rings is 2. The Kier molecular flexibility index (Phi) is 7.77. The van der Waals surface area contributed by atoms with Crippen LogP contribution in [0.4, 0.5) is 4.39 Å². The number of ether oxygens (including phenoxy) is 2. The second-order valence-electron chi connectivity index (χ2n) is 9.11. The molecule has 0 aliphatic heterocycles. The number of nitrogens with zero attached hydrogens (tertiary/aromatic N) is 2. The van der Waals surface area contributed by atoms with Gasteiger partial charge in [-0.3, -0.25) is 9.89 Å². The first kappa shape index (κ1) is 26.8. The third-order valence-electron chi connectivity index (χ3n) is 5.45. The highest BCUT2D eigenvalue weighted by molar-refractivity contribution is 7.90. The summed E-state index contributed by atoms with van der Waals surface area (Å²) < 4.78 is 53.4. The fraction of sp³-hybridized carbons (Fsp3) is 0.222. The van der Waals surface area contributed by atoms with Crippen molar-refractivity contribution in [3.63, 3.8) is 0 Å². The molecule has 2 heterocycles. The van der Waals surface area contributed by atoms with Gasteiger partial charge in [-0.05, 0) is 61.2 Å². The van der Waals surface area contributed by atoms with Crippen molar-refractivity contribution in [3.8, 4) is 28.6 Å². The molecule has 9 nitrogen and oxygen atoms in total. The number of hydrogen-bond acceptors (Lipinski definition) is 7. The van der Waals surface area contributed by atoms with E-state index >= 15 is 0 Å². The predicted molar refractivity (Wildman–Crippen MR) is 143 cm³/mol. The van der Waals surface area contributed by atoms with E-state index in [1.54, 1.807) is 6.07 Å². The maximum absolute atomic E-state index is 14.4. The van der Waals surface area contributed by atoms with Crippen LogP contribution in [0.15, 0.2) is 65.8 Å². The summed E-state index contributed by atoms with van der Waals surface area (Å²) in [5.41, 5.74) is 2.12. The molecule has 11 heteroatoms. The Labute approximate surface area is 223 Å². The van der Waals surface area contributed by atoms with Gasteiger partial charge in [0, 0.05) is 14.5 Å². The fourth-order valence-corrected chi connectivity index (χ4v) is 4.47. The molecule has 2 aromatic heterocycles. The van der Waals surface area contributed by atoms with Gasteiger partial charge in [0.05, 0.1) is 18.5 Å². The van der Waals surface area contributed by atoms with E-state index in [9.17, 15) is 17.6 Å². The standard InChI is InChI=1S/C27H27FN4O5S.2H2/c1-16(2)15-36-21-13-19(12-20(28)14-21)23-9-8-22(26(33)32-38(34,35)24-10-11-29-31-24)27(30-23)37-25-17(3)6-5-7-18(25)4;;/h5-14,16H,15H2,1-4H3,(H,29,31)(H,32,33);2*1H. The van der Waals surface area contributed by atoms with Crippen LogP contribution in [0, 0.1) is 25.6 Å². The van der Waals surface area contributed by atoms with Crippen molar-refractivity contribution in [1.29, 1.82) is 0 Å². The number of rotatable bonds is 9. The molecule has 0 saturated carbocycles. The molecule has 202 valence electrons. The quantitative estimate of drug-likeness (QED) is 0.279. The molecule has 0 aliphatic rings. The Hall–Kier alpha value is -4.25. The van der Waals surface area contributed by atoms with E-state index in [1.165, 1.54) is 36.5 Å². The lowest BCUT2D eigenvalue weighted by molar-refractivity contribution is 0.0978. The summed E-state index contributed by atoms with van der Waals surface area (Å²) in [4.78, 5) is 17.6. The van der Waals surface area contributed by atoms with Crippen LogP contribution in [-0.2, 0) is 10.0 Å². The molecule has 0 fully saturated rings. The number of aromatic amines is 1. The molecule has 0 bridgehead atoms. The van der Waals surface area contributed by atoms with Gasteiger partial charge in [-0.1, -0.05) is 32.0 Å². The fourth-order valence-electron chi connectivity index (χ4n) is 3.59. The second kappa shape index (κ2) is 11.0. The minimum Gasteiger partial charge on any atom is -0.493 e. The Morgan fingerprint density at radius 3 is 2.50 bits per heavy atom. The highest BCUT2D eigenvalue weighted by Gasteiger charge is 2.24. The van der Waals surface area contributed by atoms with Crippen LogP contribution in [0.1, 0.15) is 38.2 Å². The third kappa shape index (κ3) is 6.17. The Balaban J connectivity index is 0.00000280. The van der Waals surface area contributed by atoms with Crippen molar-refractivity contribution < 1.29 is 29.9 Å². The molecule has 4 rings (SSSR count). The monoisotopic (exact) mass is 542 g/mol. The molecular formula is C27H31FN4O5S. The number of aryl methyl sites for hydroxylation is 2. The number of sulfonamides is 1. The van der Waals surface area contributed by atoms with Gasteiger partial charge in [-0.15, -0.1) is 0 Å². The van der Waals surface area contributed by atoms with Gasteiger partial charge < -0.3 is 9.47 Å². The SMILES string of the molecule is Cc1cccc(C)c1Oc1nc(-c2cc(F)cc(OCC(C)C)c2)ccc1C(=O)NS(=O)(=O)c1ccn[nH]1.[HH].[HH]. The van der Waals surface area contributed by atoms with Gasteiger partial charge in [0.15, 0.2) is 5.03 Å². The normalized spacial score (nSPS) is 11.4. The molecule has 0 atom stereocenters. The highest BCUT2D eigenvalue weighted by atomic mass is 32.2. The Morgan fingerprint density at radius 1 is 1.11 bits per heavy atom. The molecule has 0 aliphatic carbocycles. The van der Waals surface area contributed by atoms with Gasteiger partial charge in [0.25, 0.3) is 15.9 Å². The number of carbonyl (C=O) groups excluding carboxylic acids is 1. The molecule has 38 heavy (non-hydrogen) atoms. The van der Waals surface area contributed by atoms with Crippen molar-refractivity contribution in [2.24, 2.45) is 5.92 Å². The van der Waals surface area contributed by atoms with Crippen molar-refractivity contribution in [3.05, 3.63) is 83.3 Å². The zero-order valence-electron chi connectivity index (χ0n) is 21.3. The largest absolute Gasteiger partial charge is 0.493 e. The van der Waals surface area contributed by atoms with Crippen molar-refractivity contribution >= 4 is 15.9 Å². The molecular weight excluding hydrogens is 511 g/mol. The lowest BCUT2D eigenvalue weighted by Crippen LogP contribution is -2.31. The molecule has 0 radical (unpaired) electrons. The summed E-state index contributed by atoms with van der Waals surface area (Å²) in [6, 6.07) is 13.8. The first-order chi connectivity index (χ1) is 18.0. The van der Waals surface area contributed by atoms with Crippen LogP contribution in [-0.4, -0.2) is 36.1 Å². The minimum absolute atomic E-state index is 0. The minimum atomic E-state index is -4.22. The molecule has 1 amide bonds. The van der Waals surface area contributed by atoms with Gasteiger partial charge in [-0.2, -0.15) is 13.5 Å². The van der Waals surface area contributed by atoms with Crippen LogP contribution < -0.4 is 14.2 Å². The summed E-state index contributed by atoms with van der Waals surface area (Å²) in [5.74, 6) is -0.588. The topological polar surface area (TPSA) is 123 Å². The second-order valence-corrected chi connectivity index (χ2v) is 10.8. The van der Waals surface area contributed by atoms with Gasteiger partial charge in [0.2, 0.25) is 5.88 Å². The summed E-state index contributed by atoms with van der Waals surface area (Å²) in [5, 5.41) is 5.65. The molecule has 2 N–H and O–H groups in total. The summed E-state index contributed by atoms with van der Waals surface area (Å²) in [6.45, 7) is 8.03. The molecule has 4 aromatic rings. The van der Waals surface area contributed by atoms with Crippen LogP contribution in [0.25, 0.3) is 11.3 Å². The van der Waals surface area contributed by atoms with E-state index in [4.69, 9.17) is 9.47 Å². The summed E-state index contributed by atoms with van der Waals surface area (Å²) in [7, 11) is -4.22. The molecule has 2 aromatic carbocycles. The van der Waals surface area contributed by atoms with Crippen LogP contribution >= 0.6 is 0 Å². The number of H-pyrrole nitrogens is 1. The predicted octanol–water partition coefficient (Wildman–Crippen LogP) is 5.67. The van der Waals surface area contributed by atoms with Crippen LogP contribution in [0.3, 0.4) is 0 Å².